The molecule has 0 N–H and O–H groups in total. The van der Waals surface area contributed by atoms with Gasteiger partial charge in [-0.1, -0.05) is 0 Å². The maximum atomic E-state index is 12.6. The zero-order chi connectivity index (χ0) is 18.6. The van der Waals surface area contributed by atoms with Gasteiger partial charge in [-0.15, -0.1) is 0 Å². The molecule has 1 saturated heterocycles. The Bertz CT molecular complexity index is 736. The predicted octanol–water partition coefficient (Wildman–Crippen LogP) is 3.02. The van der Waals surface area contributed by atoms with Crippen LogP contribution in [0.4, 0.5) is 13.2 Å². The van der Waals surface area contributed by atoms with Gasteiger partial charge in [0.05, 0.1) is 30.9 Å². The van der Waals surface area contributed by atoms with Crippen molar-refractivity contribution in [1.29, 1.82) is 0 Å². The number of carbonyl (C=O) groups is 1. The fraction of sp³-hybridized carbons (Fsp3) is 0.333. The molecule has 1 aromatic carbocycles. The molecule has 0 saturated carbocycles. The topological polar surface area (TPSA) is 51.7 Å². The summed E-state index contributed by atoms with van der Waals surface area (Å²) in [6, 6.07) is 7.81. The number of rotatable bonds is 3. The highest BCUT2D eigenvalue weighted by Gasteiger charge is 2.30. The number of pyridine rings is 1. The summed E-state index contributed by atoms with van der Waals surface area (Å²) in [6.07, 6.45) is -1.80. The molecule has 2 heterocycles. The van der Waals surface area contributed by atoms with Gasteiger partial charge in [-0.2, -0.15) is 13.2 Å². The molecule has 138 valence electrons. The van der Waals surface area contributed by atoms with Crippen molar-refractivity contribution in [3.8, 4) is 5.75 Å². The van der Waals surface area contributed by atoms with E-state index < -0.39 is 17.8 Å². The van der Waals surface area contributed by atoms with E-state index in [0.717, 1.165) is 12.1 Å². The van der Waals surface area contributed by atoms with Gasteiger partial charge in [-0.3, -0.25) is 9.78 Å². The third-order valence-electron chi connectivity index (χ3n) is 3.91. The van der Waals surface area contributed by atoms with Crippen LogP contribution in [-0.4, -0.2) is 48.2 Å². The number of nitrogens with zero attached hydrogens (tertiary/aromatic N) is 2. The second-order valence-electron chi connectivity index (χ2n) is 5.83. The lowest BCUT2D eigenvalue weighted by molar-refractivity contribution is -0.137. The largest absolute Gasteiger partial charge is 0.486 e. The lowest BCUT2D eigenvalue weighted by Gasteiger charge is -2.24. The van der Waals surface area contributed by atoms with Crippen LogP contribution in [0.25, 0.3) is 0 Å². The first kappa shape index (κ1) is 18.2. The minimum Gasteiger partial charge on any atom is -0.486 e. The number of alkyl halides is 3. The fourth-order valence-electron chi connectivity index (χ4n) is 2.62. The molecule has 1 aliphatic heterocycles. The third-order valence-corrected chi connectivity index (χ3v) is 3.91. The second-order valence-corrected chi connectivity index (χ2v) is 5.83. The Morgan fingerprint density at radius 1 is 1.23 bits per heavy atom. The zero-order valence-corrected chi connectivity index (χ0v) is 13.8. The van der Waals surface area contributed by atoms with Crippen LogP contribution in [0.2, 0.25) is 0 Å². The smallest absolute Gasteiger partial charge is 0.416 e. The quantitative estimate of drug-likeness (QED) is 0.838. The molecular weight excluding hydrogens is 349 g/mol. The maximum Gasteiger partial charge on any atom is 0.416 e. The van der Waals surface area contributed by atoms with E-state index in [9.17, 15) is 18.0 Å². The number of hydrogen-bond acceptors (Lipinski definition) is 4. The lowest BCUT2D eigenvalue weighted by atomic mass is 10.2. The van der Waals surface area contributed by atoms with Gasteiger partial charge in [0.25, 0.3) is 5.91 Å². The Morgan fingerprint density at radius 3 is 2.65 bits per heavy atom. The van der Waals surface area contributed by atoms with Gasteiger partial charge in [0.1, 0.15) is 11.9 Å². The van der Waals surface area contributed by atoms with Gasteiger partial charge in [0.15, 0.2) is 0 Å². The number of hydrogen-bond donors (Lipinski definition) is 0. The molecule has 1 aromatic heterocycles. The Labute approximate surface area is 148 Å². The average molecular weight is 366 g/mol. The Balaban J connectivity index is 1.67. The van der Waals surface area contributed by atoms with Crippen molar-refractivity contribution in [2.45, 2.75) is 12.3 Å². The van der Waals surface area contributed by atoms with Crippen molar-refractivity contribution in [3.63, 3.8) is 0 Å². The first-order chi connectivity index (χ1) is 12.4. The van der Waals surface area contributed by atoms with Crippen molar-refractivity contribution < 1.29 is 27.4 Å². The van der Waals surface area contributed by atoms with Crippen molar-refractivity contribution >= 4 is 5.91 Å². The first-order valence-electron chi connectivity index (χ1n) is 8.04. The molecular formula is C18H17F3N2O3. The standard InChI is InChI=1S/C18H17F3N2O3/c19-18(20,21)14-3-5-15(6-4-14)26-16-11-23(8-9-25-12-16)17(24)13-2-1-7-22-10-13/h1-7,10,16H,8-9,11-12H2. The van der Waals surface area contributed by atoms with Crippen molar-refractivity contribution in [2.24, 2.45) is 0 Å². The third kappa shape index (κ3) is 4.51. The number of amides is 1. The SMILES string of the molecule is O=C(c1cccnc1)N1CCOCC(Oc2ccc(C(F)(F)F)cc2)C1. The van der Waals surface area contributed by atoms with E-state index in [1.807, 2.05) is 0 Å². The number of benzene rings is 1. The molecule has 0 bridgehead atoms. The van der Waals surface area contributed by atoms with Gasteiger partial charge in [0.2, 0.25) is 0 Å². The molecule has 0 aliphatic carbocycles. The van der Waals surface area contributed by atoms with E-state index in [2.05, 4.69) is 4.98 Å². The van der Waals surface area contributed by atoms with Crippen molar-refractivity contribution in [3.05, 3.63) is 59.9 Å². The van der Waals surface area contributed by atoms with Crippen molar-refractivity contribution in [2.75, 3.05) is 26.3 Å². The van der Waals surface area contributed by atoms with Gasteiger partial charge < -0.3 is 14.4 Å². The van der Waals surface area contributed by atoms with Crippen LogP contribution in [-0.2, 0) is 10.9 Å². The molecule has 8 heteroatoms. The first-order valence-corrected chi connectivity index (χ1v) is 8.04. The van der Waals surface area contributed by atoms with Gasteiger partial charge in [-0.25, -0.2) is 0 Å². The summed E-state index contributed by atoms with van der Waals surface area (Å²) >= 11 is 0. The minimum atomic E-state index is -4.39. The van der Waals surface area contributed by atoms with Crippen LogP contribution in [0.3, 0.4) is 0 Å². The monoisotopic (exact) mass is 366 g/mol. The average Bonchev–Trinajstić information content (AvgIpc) is 2.87. The van der Waals surface area contributed by atoms with Gasteiger partial charge >= 0.3 is 6.18 Å². The maximum absolute atomic E-state index is 12.6. The highest BCUT2D eigenvalue weighted by Crippen LogP contribution is 2.30. The van der Waals surface area contributed by atoms with Crippen LogP contribution in [0, 0.1) is 0 Å². The molecule has 1 amide bonds. The predicted molar refractivity (Wildman–Crippen MR) is 86.8 cm³/mol. The van der Waals surface area contributed by atoms with E-state index in [4.69, 9.17) is 9.47 Å². The molecule has 3 rings (SSSR count). The minimum absolute atomic E-state index is 0.190. The molecule has 5 nitrogen and oxygen atoms in total. The van der Waals surface area contributed by atoms with E-state index in [1.54, 1.807) is 23.2 Å². The molecule has 1 unspecified atom stereocenters. The van der Waals surface area contributed by atoms with Crippen LogP contribution in [0.15, 0.2) is 48.8 Å². The summed E-state index contributed by atoms with van der Waals surface area (Å²) in [5, 5.41) is 0. The molecule has 1 fully saturated rings. The van der Waals surface area contributed by atoms with E-state index in [1.165, 1.54) is 18.3 Å². The van der Waals surface area contributed by atoms with Crippen LogP contribution < -0.4 is 4.74 Å². The highest BCUT2D eigenvalue weighted by atomic mass is 19.4. The van der Waals surface area contributed by atoms with Crippen molar-refractivity contribution in [1.82, 2.24) is 9.88 Å². The molecule has 2 aromatic rings. The summed E-state index contributed by atoms with van der Waals surface area (Å²) < 4.78 is 49.0. The van der Waals surface area contributed by atoms with Gasteiger partial charge in [-0.05, 0) is 36.4 Å². The summed E-state index contributed by atoms with van der Waals surface area (Å²) in [4.78, 5) is 18.1. The van der Waals surface area contributed by atoms with E-state index >= 15 is 0 Å². The molecule has 26 heavy (non-hydrogen) atoms. The number of ether oxygens (including phenoxy) is 2. The molecule has 0 radical (unpaired) electrons. The number of carbonyl (C=O) groups excluding carboxylic acids is 1. The molecule has 0 spiro atoms. The second kappa shape index (κ2) is 7.74. The van der Waals surface area contributed by atoms with Crippen LogP contribution >= 0.6 is 0 Å². The number of aromatic nitrogens is 1. The van der Waals surface area contributed by atoms with Crippen LogP contribution in [0.5, 0.6) is 5.75 Å². The fourth-order valence-corrected chi connectivity index (χ4v) is 2.62. The lowest BCUT2D eigenvalue weighted by Crippen LogP contribution is -2.40. The number of halogens is 3. The summed E-state index contributed by atoms with van der Waals surface area (Å²) in [7, 11) is 0. The zero-order valence-electron chi connectivity index (χ0n) is 13.8. The normalized spacial score (nSPS) is 18.3. The highest BCUT2D eigenvalue weighted by molar-refractivity contribution is 5.93. The Kier molecular flexibility index (Phi) is 5.41. The van der Waals surface area contributed by atoms with Crippen LogP contribution in [0.1, 0.15) is 15.9 Å². The molecule has 1 atom stereocenters. The van der Waals surface area contributed by atoms with E-state index in [0.29, 0.717) is 24.5 Å². The summed E-state index contributed by atoms with van der Waals surface area (Å²) in [5.74, 6) is 0.104. The summed E-state index contributed by atoms with van der Waals surface area (Å²) in [6.45, 7) is 1.28. The Hall–Kier alpha value is -2.61. The molecule has 1 aliphatic rings. The Morgan fingerprint density at radius 2 is 2.00 bits per heavy atom. The summed E-state index contributed by atoms with van der Waals surface area (Å²) in [5.41, 5.74) is -0.280. The van der Waals surface area contributed by atoms with E-state index in [-0.39, 0.29) is 19.1 Å². The van der Waals surface area contributed by atoms with Gasteiger partial charge in [0, 0.05) is 18.9 Å².